The van der Waals surface area contributed by atoms with Gasteiger partial charge >= 0.3 is 11.9 Å². The zero-order valence-electron chi connectivity index (χ0n) is 32.9. The second kappa shape index (κ2) is 16.4. The van der Waals surface area contributed by atoms with Crippen LogP contribution in [-0.2, 0) is 27.9 Å². The third-order valence-corrected chi connectivity index (χ3v) is 21.6. The lowest BCUT2D eigenvalue weighted by molar-refractivity contribution is -0.164. The van der Waals surface area contributed by atoms with Gasteiger partial charge in [0.1, 0.15) is 12.2 Å². The normalized spacial score (nSPS) is 28.0. The molecule has 3 aliphatic rings. The molecule has 0 bridgehead atoms. The number of allylic oxidation sites excluding steroid dienone is 2. The minimum absolute atomic E-state index is 0.0208. The lowest BCUT2D eigenvalue weighted by atomic mass is 9.66. The maximum Gasteiger partial charge on any atom is 0.347 e. The maximum atomic E-state index is 14.0. The van der Waals surface area contributed by atoms with Gasteiger partial charge in [-0.15, -0.1) is 0 Å². The Morgan fingerprint density at radius 2 is 1.57 bits per heavy atom. The molecule has 1 aliphatic heterocycles. The minimum Gasteiger partial charge on any atom is -0.476 e. The van der Waals surface area contributed by atoms with Gasteiger partial charge in [-0.2, -0.15) is 0 Å². The van der Waals surface area contributed by atoms with Gasteiger partial charge in [-0.1, -0.05) is 103 Å². The van der Waals surface area contributed by atoms with Crippen LogP contribution in [0.4, 0.5) is 0 Å². The number of carbonyl (C=O) groups is 2. The van der Waals surface area contributed by atoms with Gasteiger partial charge in [0.15, 0.2) is 28.5 Å². The average molecular weight is 782 g/mol. The first kappa shape index (κ1) is 42.1. The minimum atomic E-state index is -2.14. The van der Waals surface area contributed by atoms with Crippen molar-refractivity contribution >= 4 is 51.8 Å². The lowest BCUT2D eigenvalue weighted by Gasteiger charge is -2.46. The lowest BCUT2D eigenvalue weighted by Crippen LogP contribution is -2.49. The molecular formula is C40H62Cl2O7Si2. The highest BCUT2D eigenvalue weighted by Crippen LogP contribution is 2.47. The van der Waals surface area contributed by atoms with Crippen molar-refractivity contribution in [2.24, 2.45) is 17.8 Å². The summed E-state index contributed by atoms with van der Waals surface area (Å²) in [5.74, 6) is -0.0200. The van der Waals surface area contributed by atoms with Gasteiger partial charge in [-0.25, -0.2) is 4.79 Å². The fraction of sp³-hybridized carbons (Fsp3) is 0.700. The molecule has 11 heteroatoms. The summed E-state index contributed by atoms with van der Waals surface area (Å²) >= 11 is 12.8. The molecule has 2 unspecified atom stereocenters. The van der Waals surface area contributed by atoms with E-state index in [1.165, 1.54) is 0 Å². The number of ether oxygens (including phenoxy) is 3. The highest BCUT2D eigenvalue weighted by Gasteiger charge is 2.47. The summed E-state index contributed by atoms with van der Waals surface area (Å²) in [6.45, 7) is 26.4. The molecule has 4 rings (SSSR count). The van der Waals surface area contributed by atoms with Crippen molar-refractivity contribution in [1.82, 2.24) is 0 Å². The second-order valence-corrected chi connectivity index (χ2v) is 28.2. The van der Waals surface area contributed by atoms with Gasteiger partial charge in [-0.3, -0.25) is 4.79 Å². The van der Waals surface area contributed by atoms with E-state index in [0.29, 0.717) is 42.1 Å². The Morgan fingerprint density at radius 1 is 0.961 bits per heavy atom. The molecule has 0 radical (unpaired) electrons. The molecule has 8 atom stereocenters. The first-order valence-corrected chi connectivity index (χ1v) is 25.4. The van der Waals surface area contributed by atoms with Crippen LogP contribution in [0, 0.1) is 17.8 Å². The largest absolute Gasteiger partial charge is 0.476 e. The third kappa shape index (κ3) is 10.3. The molecule has 1 aromatic carbocycles. The smallest absolute Gasteiger partial charge is 0.347 e. The fourth-order valence-corrected chi connectivity index (χ4v) is 10.1. The van der Waals surface area contributed by atoms with E-state index < -0.39 is 34.8 Å². The second-order valence-electron chi connectivity index (χ2n) is 17.9. The van der Waals surface area contributed by atoms with E-state index in [-0.39, 0.29) is 57.9 Å². The summed E-state index contributed by atoms with van der Waals surface area (Å²) in [7, 11) is -4.19. The highest BCUT2D eigenvalue weighted by atomic mass is 35.5. The summed E-state index contributed by atoms with van der Waals surface area (Å²) in [5, 5.41) is 0.752. The van der Waals surface area contributed by atoms with Crippen LogP contribution >= 0.6 is 23.2 Å². The molecule has 2 aliphatic carbocycles. The SMILES string of the molecule is CCC(Oc1c(Cl)cccc1Cl)C(=O)O[C@H]1C[C@H](O[Si](C)(C)C(C)(C)C)C=C2C=C[C@H](C)C(CC[C@@H]3C[C@@H](O[Si](C)(C)C(C)(C)C)CC(=O)O3)[C@H]21. The molecule has 1 fully saturated rings. The Morgan fingerprint density at radius 3 is 2.16 bits per heavy atom. The zero-order chi connectivity index (χ0) is 38.1. The number of cyclic esters (lactones) is 1. The van der Waals surface area contributed by atoms with Gasteiger partial charge < -0.3 is 23.1 Å². The summed E-state index contributed by atoms with van der Waals surface area (Å²) in [4.78, 5) is 26.8. The van der Waals surface area contributed by atoms with Gasteiger partial charge in [0.25, 0.3) is 0 Å². The van der Waals surface area contributed by atoms with Crippen molar-refractivity contribution in [2.45, 2.75) is 161 Å². The predicted molar refractivity (Wildman–Crippen MR) is 212 cm³/mol. The van der Waals surface area contributed by atoms with E-state index in [2.05, 4.69) is 92.9 Å². The fourth-order valence-electron chi connectivity index (χ4n) is 6.95. The van der Waals surface area contributed by atoms with Crippen molar-refractivity contribution in [3.63, 3.8) is 0 Å². The first-order chi connectivity index (χ1) is 23.5. The number of esters is 2. The van der Waals surface area contributed by atoms with E-state index in [1.807, 2.05) is 6.92 Å². The molecule has 0 saturated carbocycles. The number of hydrogen-bond acceptors (Lipinski definition) is 7. The molecule has 0 amide bonds. The number of fused-ring (bicyclic) bond motifs is 1. The molecule has 7 nitrogen and oxygen atoms in total. The standard InChI is InChI=1S/C40H62Cl2O7Si2/c1-13-33(46-37-31(41)15-14-16-32(37)42)38(44)47-34-23-28(48-50(9,10)39(3,4)5)21-26-18-17-25(2)30(36(26)34)20-19-27-22-29(24-35(43)45-27)49-51(11,12)40(6,7)8/h14-18,21,25,27-30,33-34,36H,13,19-20,22-24H2,1-12H3/t25-,27+,28+,29+,30?,33?,34-,36-/m0/s1. The van der Waals surface area contributed by atoms with Crippen molar-refractivity contribution in [3.05, 3.63) is 52.0 Å². The van der Waals surface area contributed by atoms with Crippen molar-refractivity contribution in [1.29, 1.82) is 0 Å². The highest BCUT2D eigenvalue weighted by molar-refractivity contribution is 6.74. The van der Waals surface area contributed by atoms with Crippen molar-refractivity contribution < 1.29 is 32.7 Å². The van der Waals surface area contributed by atoms with Gasteiger partial charge in [-0.05, 0) is 85.1 Å². The van der Waals surface area contributed by atoms with Crippen LogP contribution in [0.5, 0.6) is 5.75 Å². The number of benzene rings is 1. The number of halogens is 2. The molecule has 1 heterocycles. The molecule has 0 spiro atoms. The Balaban J connectivity index is 1.58. The summed E-state index contributed by atoms with van der Waals surface area (Å²) in [6.07, 6.45) is 8.29. The van der Waals surface area contributed by atoms with E-state index in [9.17, 15) is 9.59 Å². The Hall–Kier alpha value is -1.63. The number of para-hydroxylation sites is 1. The summed E-state index contributed by atoms with van der Waals surface area (Å²) in [5.41, 5.74) is 1.13. The quantitative estimate of drug-likeness (QED) is 0.154. The summed E-state index contributed by atoms with van der Waals surface area (Å²) < 4.78 is 32.2. The third-order valence-electron chi connectivity index (χ3n) is 12.0. The number of rotatable bonds is 12. The molecule has 51 heavy (non-hydrogen) atoms. The van der Waals surface area contributed by atoms with Gasteiger partial charge in [0, 0.05) is 18.8 Å². The van der Waals surface area contributed by atoms with Crippen LogP contribution in [0.25, 0.3) is 0 Å². The average Bonchev–Trinajstić information content (AvgIpc) is 2.98. The monoisotopic (exact) mass is 780 g/mol. The van der Waals surface area contributed by atoms with Crippen molar-refractivity contribution in [3.8, 4) is 5.75 Å². The number of carbonyl (C=O) groups excluding carboxylic acids is 2. The summed E-state index contributed by atoms with van der Waals surface area (Å²) in [6, 6.07) is 5.12. The molecule has 1 saturated heterocycles. The van der Waals surface area contributed by atoms with Crippen LogP contribution < -0.4 is 4.74 Å². The molecular weight excluding hydrogens is 720 g/mol. The van der Waals surface area contributed by atoms with Crippen LogP contribution in [-0.4, -0.2) is 59.1 Å². The van der Waals surface area contributed by atoms with Crippen LogP contribution in [0.2, 0.25) is 46.3 Å². The molecule has 0 aromatic heterocycles. The Kier molecular flexibility index (Phi) is 13.5. The van der Waals surface area contributed by atoms with Crippen LogP contribution in [0.1, 0.15) is 93.9 Å². The molecule has 286 valence electrons. The Bertz CT molecular complexity index is 1440. The van der Waals surface area contributed by atoms with E-state index in [1.54, 1.807) is 18.2 Å². The van der Waals surface area contributed by atoms with Gasteiger partial charge in [0.05, 0.1) is 28.7 Å². The van der Waals surface area contributed by atoms with Crippen LogP contribution in [0.3, 0.4) is 0 Å². The number of hydrogen-bond donors (Lipinski definition) is 0. The van der Waals surface area contributed by atoms with E-state index in [0.717, 1.165) is 12.0 Å². The molecule has 1 aromatic rings. The predicted octanol–water partition coefficient (Wildman–Crippen LogP) is 11.1. The topological polar surface area (TPSA) is 80.3 Å². The van der Waals surface area contributed by atoms with Crippen LogP contribution in [0.15, 0.2) is 42.0 Å². The molecule has 0 N–H and O–H groups in total. The Labute approximate surface area is 319 Å². The first-order valence-electron chi connectivity index (χ1n) is 18.8. The van der Waals surface area contributed by atoms with E-state index in [4.69, 9.17) is 46.3 Å². The van der Waals surface area contributed by atoms with E-state index >= 15 is 0 Å². The maximum absolute atomic E-state index is 14.0. The van der Waals surface area contributed by atoms with Gasteiger partial charge in [0.2, 0.25) is 0 Å². The zero-order valence-corrected chi connectivity index (χ0v) is 36.5. The van der Waals surface area contributed by atoms with Crippen molar-refractivity contribution in [2.75, 3.05) is 0 Å².